The van der Waals surface area contributed by atoms with E-state index in [4.69, 9.17) is 5.73 Å². The lowest BCUT2D eigenvalue weighted by Gasteiger charge is -2.02. The average molecular weight is 178 g/mol. The van der Waals surface area contributed by atoms with E-state index in [0.717, 1.165) is 5.82 Å². The van der Waals surface area contributed by atoms with Crippen molar-refractivity contribution in [2.45, 2.75) is 6.54 Å². The first kappa shape index (κ1) is 7.78. The summed E-state index contributed by atoms with van der Waals surface area (Å²) in [6, 6.07) is 0. The van der Waals surface area contributed by atoms with Crippen molar-refractivity contribution in [1.82, 2.24) is 24.3 Å². The highest BCUT2D eigenvalue weighted by Crippen LogP contribution is 2.05. The van der Waals surface area contributed by atoms with Gasteiger partial charge in [0.2, 0.25) is 0 Å². The van der Waals surface area contributed by atoms with E-state index in [9.17, 15) is 0 Å². The van der Waals surface area contributed by atoms with Crippen LogP contribution in [0.15, 0.2) is 18.9 Å². The van der Waals surface area contributed by atoms with E-state index >= 15 is 0 Å². The zero-order valence-corrected chi connectivity index (χ0v) is 7.25. The Hall–Kier alpha value is -1.85. The van der Waals surface area contributed by atoms with Crippen LogP contribution < -0.4 is 5.73 Å². The third-order valence-corrected chi connectivity index (χ3v) is 1.91. The van der Waals surface area contributed by atoms with Gasteiger partial charge in [-0.15, -0.1) is 10.2 Å². The number of hydrogen-bond acceptors (Lipinski definition) is 4. The first-order chi connectivity index (χ1) is 6.27. The maximum Gasteiger partial charge on any atom is 0.130 e. The van der Waals surface area contributed by atoms with Gasteiger partial charge in [-0.1, -0.05) is 0 Å². The molecular weight excluding hydrogens is 168 g/mol. The lowest BCUT2D eigenvalue weighted by atomic mass is 10.6. The van der Waals surface area contributed by atoms with Gasteiger partial charge >= 0.3 is 0 Å². The molecule has 0 aromatic carbocycles. The highest BCUT2D eigenvalue weighted by atomic mass is 15.2. The smallest absolute Gasteiger partial charge is 0.130 e. The van der Waals surface area contributed by atoms with Crippen LogP contribution in [-0.2, 0) is 13.6 Å². The molecule has 13 heavy (non-hydrogen) atoms. The molecule has 0 aliphatic rings. The van der Waals surface area contributed by atoms with Gasteiger partial charge in [0.1, 0.15) is 24.3 Å². The molecule has 0 fully saturated rings. The Morgan fingerprint density at radius 1 is 1.38 bits per heavy atom. The molecule has 0 radical (unpaired) electrons. The molecule has 0 unspecified atom stereocenters. The van der Waals surface area contributed by atoms with Crippen molar-refractivity contribution >= 4 is 5.82 Å². The fourth-order valence-corrected chi connectivity index (χ4v) is 1.08. The van der Waals surface area contributed by atoms with Crippen molar-refractivity contribution < 1.29 is 0 Å². The second kappa shape index (κ2) is 2.89. The van der Waals surface area contributed by atoms with Crippen molar-refractivity contribution in [1.29, 1.82) is 0 Å². The number of imidazole rings is 1. The molecule has 6 heteroatoms. The molecule has 6 nitrogen and oxygen atoms in total. The predicted octanol–water partition coefficient (Wildman–Crippen LogP) is -0.358. The second-order valence-electron chi connectivity index (χ2n) is 2.79. The minimum absolute atomic E-state index is 0.640. The van der Waals surface area contributed by atoms with Crippen molar-refractivity contribution in [2.24, 2.45) is 7.05 Å². The van der Waals surface area contributed by atoms with Gasteiger partial charge in [-0.05, 0) is 0 Å². The van der Waals surface area contributed by atoms with Gasteiger partial charge in [0.25, 0.3) is 0 Å². The molecule has 0 amide bonds. The summed E-state index contributed by atoms with van der Waals surface area (Å²) in [6.07, 6.45) is 4.93. The van der Waals surface area contributed by atoms with Crippen molar-refractivity contribution in [3.8, 4) is 0 Å². The standard InChI is InChI=1S/C7H10N6/c1-12-6(8)2-9-7(12)3-13-4-10-11-5-13/h2,4-5H,3,8H2,1H3. The molecule has 0 aliphatic carbocycles. The maximum atomic E-state index is 5.63. The molecule has 2 aromatic rings. The van der Waals surface area contributed by atoms with Crippen LogP contribution in [0.2, 0.25) is 0 Å². The Bertz CT molecular complexity index is 387. The fourth-order valence-electron chi connectivity index (χ4n) is 1.08. The molecule has 0 aliphatic heterocycles. The van der Waals surface area contributed by atoms with Crippen LogP contribution in [0.4, 0.5) is 5.82 Å². The fraction of sp³-hybridized carbons (Fsp3) is 0.286. The molecule has 0 spiro atoms. The molecule has 2 rings (SSSR count). The van der Waals surface area contributed by atoms with Gasteiger partial charge in [0.15, 0.2) is 0 Å². The van der Waals surface area contributed by atoms with Crippen LogP contribution in [0.1, 0.15) is 5.82 Å². The van der Waals surface area contributed by atoms with Crippen molar-refractivity contribution in [3.63, 3.8) is 0 Å². The highest BCUT2D eigenvalue weighted by molar-refractivity contribution is 5.27. The molecule has 2 N–H and O–H groups in total. The Balaban J connectivity index is 2.24. The third-order valence-electron chi connectivity index (χ3n) is 1.91. The average Bonchev–Trinajstić information content (AvgIpc) is 2.71. The monoisotopic (exact) mass is 178 g/mol. The third kappa shape index (κ3) is 1.37. The number of nitrogens with two attached hydrogens (primary N) is 1. The molecule has 0 atom stereocenters. The summed E-state index contributed by atoms with van der Waals surface area (Å²) in [7, 11) is 1.88. The minimum Gasteiger partial charge on any atom is -0.384 e. The number of hydrogen-bond donors (Lipinski definition) is 1. The summed E-state index contributed by atoms with van der Waals surface area (Å²) >= 11 is 0. The summed E-state index contributed by atoms with van der Waals surface area (Å²) in [5, 5.41) is 7.40. The van der Waals surface area contributed by atoms with E-state index < -0.39 is 0 Å². The molecule has 68 valence electrons. The number of anilines is 1. The molecular formula is C7H10N6. The van der Waals surface area contributed by atoms with Gasteiger partial charge in [-0.2, -0.15) is 0 Å². The van der Waals surface area contributed by atoms with Crippen LogP contribution in [0, 0.1) is 0 Å². The predicted molar refractivity (Wildman–Crippen MR) is 46.7 cm³/mol. The molecule has 0 bridgehead atoms. The SMILES string of the molecule is Cn1c(N)cnc1Cn1cnnc1. The second-order valence-corrected chi connectivity index (χ2v) is 2.79. The van der Waals surface area contributed by atoms with Gasteiger partial charge in [-0.25, -0.2) is 4.98 Å². The summed E-state index contributed by atoms with van der Waals surface area (Å²) in [4.78, 5) is 4.15. The molecule has 0 saturated heterocycles. The highest BCUT2D eigenvalue weighted by Gasteiger charge is 2.03. The van der Waals surface area contributed by atoms with Crippen molar-refractivity contribution in [2.75, 3.05) is 5.73 Å². The summed E-state index contributed by atoms with van der Waals surface area (Å²) < 4.78 is 3.67. The van der Waals surface area contributed by atoms with E-state index in [2.05, 4.69) is 15.2 Å². The van der Waals surface area contributed by atoms with Gasteiger partial charge in [0, 0.05) is 7.05 Å². The van der Waals surface area contributed by atoms with E-state index in [-0.39, 0.29) is 0 Å². The van der Waals surface area contributed by atoms with Gasteiger partial charge in [0.05, 0.1) is 12.7 Å². The number of rotatable bonds is 2. The molecule has 2 heterocycles. The van der Waals surface area contributed by atoms with Crippen molar-refractivity contribution in [3.05, 3.63) is 24.7 Å². The zero-order valence-electron chi connectivity index (χ0n) is 7.25. The zero-order chi connectivity index (χ0) is 9.26. The Morgan fingerprint density at radius 2 is 2.08 bits per heavy atom. The maximum absolute atomic E-state index is 5.63. The quantitative estimate of drug-likeness (QED) is 0.681. The van der Waals surface area contributed by atoms with E-state index in [1.165, 1.54) is 0 Å². The Labute approximate surface area is 75.0 Å². The number of nitrogens with zero attached hydrogens (tertiary/aromatic N) is 5. The van der Waals surface area contributed by atoms with Gasteiger partial charge in [-0.3, -0.25) is 0 Å². The molecule has 0 saturated carbocycles. The summed E-state index contributed by atoms with van der Waals surface area (Å²) in [5.41, 5.74) is 5.63. The van der Waals surface area contributed by atoms with Crippen LogP contribution in [-0.4, -0.2) is 24.3 Å². The summed E-state index contributed by atoms with van der Waals surface area (Å²) in [5.74, 6) is 1.54. The van der Waals surface area contributed by atoms with E-state index in [1.54, 1.807) is 18.9 Å². The van der Waals surface area contributed by atoms with Crippen LogP contribution in [0.25, 0.3) is 0 Å². The lowest BCUT2D eigenvalue weighted by molar-refractivity contribution is 0.700. The van der Waals surface area contributed by atoms with Gasteiger partial charge < -0.3 is 14.9 Å². The normalized spacial score (nSPS) is 10.5. The number of nitrogen functional groups attached to an aromatic ring is 1. The largest absolute Gasteiger partial charge is 0.384 e. The van der Waals surface area contributed by atoms with Crippen LogP contribution in [0.5, 0.6) is 0 Å². The first-order valence-electron chi connectivity index (χ1n) is 3.86. The molecule has 2 aromatic heterocycles. The van der Waals surface area contributed by atoms with Crippen LogP contribution in [0.3, 0.4) is 0 Å². The first-order valence-corrected chi connectivity index (χ1v) is 3.86. The number of aromatic nitrogens is 5. The topological polar surface area (TPSA) is 74.6 Å². The Kier molecular flexibility index (Phi) is 1.73. The lowest BCUT2D eigenvalue weighted by Crippen LogP contribution is -2.06. The summed E-state index contributed by atoms with van der Waals surface area (Å²) in [6.45, 7) is 0.640. The van der Waals surface area contributed by atoms with E-state index in [0.29, 0.717) is 12.4 Å². The minimum atomic E-state index is 0.640. The van der Waals surface area contributed by atoms with Crippen LogP contribution >= 0.6 is 0 Å². The van der Waals surface area contributed by atoms with E-state index in [1.807, 2.05) is 16.2 Å². The Morgan fingerprint density at radius 3 is 2.62 bits per heavy atom.